The topological polar surface area (TPSA) is 63.2 Å². The van der Waals surface area contributed by atoms with Crippen LogP contribution in [-0.2, 0) is 21.7 Å². The SMILES string of the molecule is CC1(C)c2ccc([nH]2)-c2ccc([nH]2)C(C)(C)c2ccc(s2)C(C)(C)c2ccc([nH]2)-c2ccc([nH]2)C(C)(C)c2ccc1s2. The van der Waals surface area contributed by atoms with E-state index in [1.807, 2.05) is 22.7 Å². The maximum absolute atomic E-state index is 3.76. The Morgan fingerprint density at radius 2 is 0.548 bits per heavy atom. The van der Waals surface area contributed by atoms with Crippen molar-refractivity contribution in [3.63, 3.8) is 0 Å². The summed E-state index contributed by atoms with van der Waals surface area (Å²) in [6.45, 7) is 18.5. The monoisotopic (exact) mass is 592 g/mol. The minimum atomic E-state index is -0.148. The molecule has 6 aromatic rings. The van der Waals surface area contributed by atoms with Crippen molar-refractivity contribution in [3.05, 3.63) is 115 Å². The minimum Gasteiger partial charge on any atom is -0.356 e. The lowest BCUT2D eigenvalue weighted by Crippen LogP contribution is -2.19. The van der Waals surface area contributed by atoms with Crippen LogP contribution in [0.1, 0.15) is 97.7 Å². The van der Waals surface area contributed by atoms with Crippen LogP contribution in [-0.4, -0.2) is 19.9 Å². The molecule has 0 aromatic carbocycles. The first kappa shape index (κ1) is 27.4. The van der Waals surface area contributed by atoms with Crippen molar-refractivity contribution in [3.8, 4) is 22.8 Å². The Kier molecular flexibility index (Phi) is 5.87. The van der Waals surface area contributed by atoms with Crippen LogP contribution in [0, 0.1) is 0 Å². The fraction of sp³-hybridized carbons (Fsp3) is 0.333. The van der Waals surface area contributed by atoms with Crippen LogP contribution in [0.5, 0.6) is 0 Å². The molecule has 6 aromatic heterocycles. The fourth-order valence-electron chi connectivity index (χ4n) is 6.22. The summed E-state index contributed by atoms with van der Waals surface area (Å²) in [6, 6.07) is 27.1. The van der Waals surface area contributed by atoms with Gasteiger partial charge in [0, 0.05) is 63.9 Å². The third-order valence-electron chi connectivity index (χ3n) is 9.69. The van der Waals surface area contributed by atoms with Gasteiger partial charge >= 0.3 is 0 Å². The van der Waals surface area contributed by atoms with E-state index in [1.165, 1.54) is 42.3 Å². The first-order chi connectivity index (χ1) is 19.8. The van der Waals surface area contributed by atoms with Gasteiger partial charge in [0.15, 0.2) is 0 Å². The van der Waals surface area contributed by atoms with Crippen LogP contribution in [0.25, 0.3) is 22.8 Å². The van der Waals surface area contributed by atoms with Crippen LogP contribution >= 0.6 is 22.7 Å². The molecular weight excluding hydrogens is 553 g/mol. The van der Waals surface area contributed by atoms with Gasteiger partial charge in [-0.3, -0.25) is 0 Å². The number of rotatable bonds is 0. The fourth-order valence-corrected chi connectivity index (χ4v) is 8.70. The van der Waals surface area contributed by atoms with E-state index in [1.54, 1.807) is 0 Å². The first-order valence-corrected chi connectivity index (χ1v) is 16.4. The van der Waals surface area contributed by atoms with E-state index < -0.39 is 0 Å². The Bertz CT molecular complexity index is 1630. The molecule has 1 aliphatic rings. The van der Waals surface area contributed by atoms with Crippen LogP contribution in [0.3, 0.4) is 0 Å². The molecule has 0 unspecified atom stereocenters. The summed E-state index contributed by atoms with van der Waals surface area (Å²) in [4.78, 5) is 20.5. The molecular formula is C36H40N4S2. The number of aromatic nitrogens is 4. The van der Waals surface area contributed by atoms with Crippen molar-refractivity contribution in [1.82, 2.24) is 19.9 Å². The molecule has 1 aliphatic heterocycles. The predicted molar refractivity (Wildman–Crippen MR) is 178 cm³/mol. The summed E-state index contributed by atoms with van der Waals surface area (Å²) < 4.78 is 0. The standard InChI is InChI=1S/C36H40N4S2/c1-33(2)25-13-9-21(37-25)22-10-14-27(38-22)35(5,6)31-19-20-32(42-31)36(7,8)28-16-12-24(40-28)23-11-15-26(39-23)34(3,4)30-18-17-29(33)41-30/h9-20,37-40H,1-8H3. The average Bonchev–Trinajstić information content (AvgIpc) is 3.80. The highest BCUT2D eigenvalue weighted by atomic mass is 32.1. The first-order valence-electron chi connectivity index (χ1n) is 14.8. The molecule has 6 heteroatoms. The van der Waals surface area contributed by atoms with Crippen molar-refractivity contribution in [2.45, 2.75) is 77.0 Å². The van der Waals surface area contributed by atoms with Crippen molar-refractivity contribution in [1.29, 1.82) is 0 Å². The lowest BCUT2D eigenvalue weighted by molar-refractivity contribution is 0.631. The van der Waals surface area contributed by atoms with Crippen molar-refractivity contribution in [2.75, 3.05) is 0 Å². The molecule has 0 amide bonds. The van der Waals surface area contributed by atoms with E-state index >= 15 is 0 Å². The molecule has 7 heterocycles. The maximum atomic E-state index is 3.76. The molecule has 0 saturated heterocycles. The van der Waals surface area contributed by atoms with Gasteiger partial charge in [0.25, 0.3) is 0 Å². The van der Waals surface area contributed by atoms with Crippen LogP contribution in [0.2, 0.25) is 0 Å². The predicted octanol–water partition coefficient (Wildman–Crippen LogP) is 10.1. The van der Waals surface area contributed by atoms with Gasteiger partial charge in [0.2, 0.25) is 0 Å². The normalized spacial score (nSPS) is 18.3. The highest BCUT2D eigenvalue weighted by molar-refractivity contribution is 7.12. The Balaban J connectivity index is 1.39. The number of hydrogen-bond acceptors (Lipinski definition) is 2. The van der Waals surface area contributed by atoms with E-state index in [2.05, 4.69) is 148 Å². The summed E-state index contributed by atoms with van der Waals surface area (Å²) in [7, 11) is 0. The van der Waals surface area contributed by atoms with E-state index in [-0.39, 0.29) is 21.7 Å². The molecule has 42 heavy (non-hydrogen) atoms. The lowest BCUT2D eigenvalue weighted by atomic mass is 9.86. The second-order valence-corrected chi connectivity index (χ2v) is 16.1. The van der Waals surface area contributed by atoms with Crippen molar-refractivity contribution < 1.29 is 0 Å². The van der Waals surface area contributed by atoms with E-state index in [0.29, 0.717) is 0 Å². The van der Waals surface area contributed by atoms with Crippen LogP contribution in [0.4, 0.5) is 0 Å². The third-order valence-corrected chi connectivity index (χ3v) is 13.2. The number of hydrogen-bond donors (Lipinski definition) is 4. The highest BCUT2D eigenvalue weighted by Crippen LogP contribution is 2.44. The Morgan fingerprint density at radius 1 is 0.333 bits per heavy atom. The zero-order chi connectivity index (χ0) is 29.7. The molecule has 0 radical (unpaired) electrons. The summed E-state index contributed by atoms with van der Waals surface area (Å²) in [5.74, 6) is 0. The second kappa shape index (κ2) is 9.01. The van der Waals surface area contributed by atoms with Crippen LogP contribution < -0.4 is 0 Å². The summed E-state index contributed by atoms with van der Waals surface area (Å²) in [6.07, 6.45) is 0. The quantitative estimate of drug-likeness (QED) is 0.136. The van der Waals surface area contributed by atoms with Gasteiger partial charge in [-0.15, -0.1) is 22.7 Å². The summed E-state index contributed by atoms with van der Waals surface area (Å²) in [5.41, 5.74) is 8.76. The number of aromatic amines is 4. The van der Waals surface area contributed by atoms with E-state index in [0.717, 1.165) is 22.8 Å². The molecule has 0 spiro atoms. The maximum Gasteiger partial charge on any atom is 0.0621 e. The molecule has 0 atom stereocenters. The van der Waals surface area contributed by atoms with Crippen LogP contribution in [0.15, 0.2) is 72.8 Å². The molecule has 12 bridgehead atoms. The van der Waals surface area contributed by atoms with Gasteiger partial charge in [-0.2, -0.15) is 0 Å². The molecule has 7 rings (SSSR count). The van der Waals surface area contributed by atoms with Gasteiger partial charge in [-0.05, 0) is 128 Å². The van der Waals surface area contributed by atoms with Gasteiger partial charge in [-0.1, -0.05) is 0 Å². The number of H-pyrrole nitrogens is 4. The van der Waals surface area contributed by atoms with Crippen molar-refractivity contribution in [2.24, 2.45) is 0 Å². The second-order valence-electron chi connectivity index (χ2n) is 14.0. The zero-order valence-corrected chi connectivity index (χ0v) is 27.4. The number of nitrogens with one attached hydrogen (secondary N) is 4. The zero-order valence-electron chi connectivity index (χ0n) is 25.7. The van der Waals surface area contributed by atoms with E-state index in [4.69, 9.17) is 0 Å². The molecule has 0 aliphatic carbocycles. The minimum absolute atomic E-state index is 0.148. The average molecular weight is 593 g/mol. The molecule has 0 saturated carbocycles. The van der Waals surface area contributed by atoms with Gasteiger partial charge in [0.05, 0.1) is 22.8 Å². The third kappa shape index (κ3) is 4.06. The highest BCUT2D eigenvalue weighted by Gasteiger charge is 2.34. The Hall–Kier alpha value is -3.48. The van der Waals surface area contributed by atoms with Gasteiger partial charge < -0.3 is 19.9 Å². The number of thiophene rings is 2. The van der Waals surface area contributed by atoms with Gasteiger partial charge in [-0.25, -0.2) is 0 Å². The van der Waals surface area contributed by atoms with E-state index in [9.17, 15) is 0 Å². The largest absolute Gasteiger partial charge is 0.356 e. The summed E-state index contributed by atoms with van der Waals surface area (Å²) >= 11 is 3.82. The lowest BCUT2D eigenvalue weighted by Gasteiger charge is -2.25. The molecule has 4 nitrogen and oxygen atoms in total. The Morgan fingerprint density at radius 3 is 0.762 bits per heavy atom. The smallest absolute Gasteiger partial charge is 0.0621 e. The van der Waals surface area contributed by atoms with Gasteiger partial charge in [0.1, 0.15) is 0 Å². The summed E-state index contributed by atoms with van der Waals surface area (Å²) in [5, 5.41) is 0. The molecule has 216 valence electrons. The molecule has 0 fully saturated rings. The number of fused-ring (bicyclic) bond motifs is 14. The Labute approximate surface area is 256 Å². The van der Waals surface area contributed by atoms with Crippen molar-refractivity contribution >= 4 is 22.7 Å². The molecule has 4 N–H and O–H groups in total.